The van der Waals surface area contributed by atoms with E-state index in [2.05, 4.69) is 12.0 Å². The van der Waals surface area contributed by atoms with Crippen LogP contribution in [0.1, 0.15) is 34.3 Å². The SMILES string of the molecule is CC[C@@H]1CN(C(=O)c2cc3c(C)nn(Cc4ccc(F)cc4)c3s2)CCO1. The fraction of sp³-hybridized carbons (Fsp3) is 0.400. The first-order valence-electron chi connectivity index (χ1n) is 9.17. The quantitative estimate of drug-likeness (QED) is 0.683. The van der Waals surface area contributed by atoms with Crippen LogP contribution in [0.5, 0.6) is 0 Å². The zero-order chi connectivity index (χ0) is 19.0. The second-order valence-corrected chi connectivity index (χ2v) is 7.88. The maximum atomic E-state index is 13.1. The Labute approximate surface area is 161 Å². The van der Waals surface area contributed by atoms with E-state index in [0.717, 1.165) is 32.8 Å². The predicted octanol–water partition coefficient (Wildman–Crippen LogP) is 3.84. The Morgan fingerprint density at radius 2 is 2.15 bits per heavy atom. The van der Waals surface area contributed by atoms with Gasteiger partial charge in [-0.05, 0) is 37.1 Å². The van der Waals surface area contributed by atoms with Gasteiger partial charge in [-0.1, -0.05) is 19.1 Å². The number of ether oxygens (including phenoxy) is 1. The second kappa shape index (κ2) is 7.40. The summed E-state index contributed by atoms with van der Waals surface area (Å²) in [6, 6.07) is 8.37. The molecule has 0 aliphatic carbocycles. The van der Waals surface area contributed by atoms with E-state index in [1.54, 1.807) is 12.1 Å². The first-order valence-corrected chi connectivity index (χ1v) is 9.99. The Balaban J connectivity index is 1.60. The molecule has 0 spiro atoms. The van der Waals surface area contributed by atoms with Gasteiger partial charge in [-0.15, -0.1) is 11.3 Å². The highest BCUT2D eigenvalue weighted by Crippen LogP contribution is 2.30. The molecule has 4 rings (SSSR count). The third kappa shape index (κ3) is 3.61. The maximum absolute atomic E-state index is 13.1. The molecule has 1 fully saturated rings. The van der Waals surface area contributed by atoms with Crippen LogP contribution in [0, 0.1) is 12.7 Å². The number of carbonyl (C=O) groups is 1. The standard InChI is InChI=1S/C20H22FN3O2S/c1-3-16-12-23(8-9-26-16)19(25)18-10-17-13(2)22-24(20(17)27-18)11-14-4-6-15(21)7-5-14/h4-7,10,16H,3,8-9,11-12H2,1-2H3/t16-/m1/s1. The molecule has 1 aromatic carbocycles. The molecule has 1 aliphatic heterocycles. The molecule has 5 nitrogen and oxygen atoms in total. The summed E-state index contributed by atoms with van der Waals surface area (Å²) >= 11 is 1.47. The summed E-state index contributed by atoms with van der Waals surface area (Å²) < 4.78 is 20.7. The summed E-state index contributed by atoms with van der Waals surface area (Å²) in [5, 5.41) is 5.60. The molecule has 0 saturated carbocycles. The van der Waals surface area contributed by atoms with Gasteiger partial charge in [0.15, 0.2) is 0 Å². The van der Waals surface area contributed by atoms with Gasteiger partial charge >= 0.3 is 0 Å². The number of hydrogen-bond acceptors (Lipinski definition) is 4. The van der Waals surface area contributed by atoms with E-state index in [-0.39, 0.29) is 17.8 Å². The van der Waals surface area contributed by atoms with Crippen LogP contribution in [0.4, 0.5) is 4.39 Å². The van der Waals surface area contributed by atoms with Gasteiger partial charge in [0.2, 0.25) is 0 Å². The molecule has 0 unspecified atom stereocenters. The molecule has 27 heavy (non-hydrogen) atoms. The minimum absolute atomic E-state index is 0.0608. The number of amides is 1. The Morgan fingerprint density at radius 1 is 1.37 bits per heavy atom. The number of halogens is 1. The van der Waals surface area contributed by atoms with Crippen molar-refractivity contribution in [3.63, 3.8) is 0 Å². The van der Waals surface area contributed by atoms with Gasteiger partial charge in [-0.2, -0.15) is 5.10 Å². The number of aryl methyl sites for hydroxylation is 1. The minimum Gasteiger partial charge on any atom is -0.375 e. The Kier molecular flexibility index (Phi) is 4.97. The number of nitrogens with zero attached hydrogens (tertiary/aromatic N) is 3. The number of thiophene rings is 1. The molecule has 3 heterocycles. The molecule has 1 aliphatic rings. The normalized spacial score (nSPS) is 17.6. The van der Waals surface area contributed by atoms with Crippen molar-refractivity contribution >= 4 is 27.5 Å². The van der Waals surface area contributed by atoms with Gasteiger partial charge in [0.25, 0.3) is 5.91 Å². The Hall–Kier alpha value is -2.25. The van der Waals surface area contributed by atoms with Gasteiger partial charge in [0.05, 0.1) is 29.8 Å². The third-order valence-electron chi connectivity index (χ3n) is 4.95. The molecule has 3 aromatic rings. The highest BCUT2D eigenvalue weighted by molar-refractivity contribution is 7.20. The van der Waals surface area contributed by atoms with E-state index in [1.807, 2.05) is 22.6 Å². The van der Waals surface area contributed by atoms with Crippen LogP contribution in [0.3, 0.4) is 0 Å². The van der Waals surface area contributed by atoms with Gasteiger partial charge in [0.1, 0.15) is 10.6 Å². The monoisotopic (exact) mass is 387 g/mol. The summed E-state index contributed by atoms with van der Waals surface area (Å²) in [7, 11) is 0. The second-order valence-electron chi connectivity index (χ2n) is 6.85. The largest absolute Gasteiger partial charge is 0.375 e. The molecule has 2 aromatic heterocycles. The smallest absolute Gasteiger partial charge is 0.264 e. The molecule has 142 valence electrons. The van der Waals surface area contributed by atoms with Crippen molar-refractivity contribution in [3.05, 3.63) is 52.3 Å². The average Bonchev–Trinajstić information content (AvgIpc) is 3.24. The zero-order valence-electron chi connectivity index (χ0n) is 15.4. The molecule has 0 N–H and O–H groups in total. The zero-order valence-corrected chi connectivity index (χ0v) is 16.3. The van der Waals surface area contributed by atoms with Crippen molar-refractivity contribution < 1.29 is 13.9 Å². The van der Waals surface area contributed by atoms with Gasteiger partial charge in [0, 0.05) is 18.5 Å². The summed E-state index contributed by atoms with van der Waals surface area (Å²) in [6.07, 6.45) is 1.02. The number of benzene rings is 1. The number of aromatic nitrogens is 2. The van der Waals surface area contributed by atoms with Crippen LogP contribution in [0.15, 0.2) is 30.3 Å². The number of hydrogen-bond donors (Lipinski definition) is 0. The molecular weight excluding hydrogens is 365 g/mol. The van der Waals surface area contributed by atoms with E-state index in [4.69, 9.17) is 4.74 Å². The highest BCUT2D eigenvalue weighted by atomic mass is 32.1. The highest BCUT2D eigenvalue weighted by Gasteiger charge is 2.26. The van der Waals surface area contributed by atoms with Crippen molar-refractivity contribution in [1.82, 2.24) is 14.7 Å². The van der Waals surface area contributed by atoms with E-state index in [9.17, 15) is 9.18 Å². The van der Waals surface area contributed by atoms with Crippen molar-refractivity contribution in [2.45, 2.75) is 32.9 Å². The predicted molar refractivity (Wildman–Crippen MR) is 104 cm³/mol. The van der Waals surface area contributed by atoms with Crippen LogP contribution in [-0.2, 0) is 11.3 Å². The minimum atomic E-state index is -0.250. The lowest BCUT2D eigenvalue weighted by molar-refractivity contribution is -0.0224. The first-order chi connectivity index (χ1) is 13.0. The van der Waals surface area contributed by atoms with Crippen LogP contribution in [0.2, 0.25) is 0 Å². The van der Waals surface area contributed by atoms with Crippen LogP contribution < -0.4 is 0 Å². The molecule has 1 amide bonds. The molecule has 0 bridgehead atoms. The van der Waals surface area contributed by atoms with Crippen molar-refractivity contribution in [1.29, 1.82) is 0 Å². The van der Waals surface area contributed by atoms with Gasteiger partial charge < -0.3 is 9.64 Å². The molecule has 1 atom stereocenters. The summed E-state index contributed by atoms with van der Waals surface area (Å²) in [6.45, 7) is 6.44. The van der Waals surface area contributed by atoms with Crippen molar-refractivity contribution in [2.75, 3.05) is 19.7 Å². The number of morpholine rings is 1. The summed E-state index contributed by atoms with van der Waals surface area (Å²) in [4.78, 5) is 16.5. The third-order valence-corrected chi connectivity index (χ3v) is 6.08. The van der Waals surface area contributed by atoms with Crippen LogP contribution in [0.25, 0.3) is 10.2 Å². The van der Waals surface area contributed by atoms with E-state index in [0.29, 0.717) is 26.2 Å². The molecule has 7 heteroatoms. The molecule has 0 radical (unpaired) electrons. The van der Waals surface area contributed by atoms with Gasteiger partial charge in [-0.25, -0.2) is 4.39 Å². The summed E-state index contributed by atoms with van der Waals surface area (Å²) in [5.41, 5.74) is 1.87. The van der Waals surface area contributed by atoms with Crippen LogP contribution in [-0.4, -0.2) is 46.4 Å². The maximum Gasteiger partial charge on any atom is 0.264 e. The van der Waals surface area contributed by atoms with Crippen molar-refractivity contribution in [2.24, 2.45) is 0 Å². The Morgan fingerprint density at radius 3 is 2.89 bits per heavy atom. The van der Waals surface area contributed by atoms with E-state index < -0.39 is 0 Å². The Bertz CT molecular complexity index is 964. The topological polar surface area (TPSA) is 47.4 Å². The number of carbonyl (C=O) groups excluding carboxylic acids is 1. The first kappa shape index (κ1) is 18.1. The number of fused-ring (bicyclic) bond motifs is 1. The lowest BCUT2D eigenvalue weighted by atomic mass is 10.2. The molecule has 1 saturated heterocycles. The lowest BCUT2D eigenvalue weighted by Crippen LogP contribution is -2.45. The number of rotatable bonds is 4. The fourth-order valence-corrected chi connectivity index (χ4v) is 4.52. The van der Waals surface area contributed by atoms with E-state index >= 15 is 0 Å². The van der Waals surface area contributed by atoms with Crippen LogP contribution >= 0.6 is 11.3 Å². The van der Waals surface area contributed by atoms with Crippen molar-refractivity contribution in [3.8, 4) is 0 Å². The lowest BCUT2D eigenvalue weighted by Gasteiger charge is -2.32. The van der Waals surface area contributed by atoms with E-state index in [1.165, 1.54) is 23.5 Å². The summed E-state index contributed by atoms with van der Waals surface area (Å²) in [5.74, 6) is -0.189. The average molecular weight is 387 g/mol. The van der Waals surface area contributed by atoms with Gasteiger partial charge in [-0.3, -0.25) is 9.48 Å². The fourth-order valence-electron chi connectivity index (χ4n) is 3.39. The molecular formula is C20H22FN3O2S.